The zero-order chi connectivity index (χ0) is 20.8. The van der Waals surface area contributed by atoms with E-state index in [2.05, 4.69) is 10.2 Å². The van der Waals surface area contributed by atoms with Crippen LogP contribution in [0.4, 0.5) is 14.5 Å². The number of halogens is 3. The maximum Gasteiger partial charge on any atom is 0.248 e. The molecule has 0 bridgehead atoms. The summed E-state index contributed by atoms with van der Waals surface area (Å²) in [5.74, 6) is -3.82. The first-order valence-corrected chi connectivity index (χ1v) is 10.3. The fourth-order valence-electron chi connectivity index (χ4n) is 4.66. The van der Waals surface area contributed by atoms with Crippen molar-refractivity contribution in [2.24, 2.45) is 17.8 Å². The lowest BCUT2D eigenvalue weighted by molar-refractivity contribution is -0.135. The van der Waals surface area contributed by atoms with E-state index in [1.165, 1.54) is 0 Å². The number of nitrogens with one attached hydrogen (secondary N) is 1. The van der Waals surface area contributed by atoms with Crippen molar-refractivity contribution in [3.05, 3.63) is 28.8 Å². The van der Waals surface area contributed by atoms with Crippen LogP contribution >= 0.6 is 11.6 Å². The van der Waals surface area contributed by atoms with Gasteiger partial charge in [0.15, 0.2) is 0 Å². The zero-order valence-corrected chi connectivity index (χ0v) is 16.8. The van der Waals surface area contributed by atoms with Crippen molar-refractivity contribution in [1.82, 2.24) is 15.1 Å². The average Bonchev–Trinajstić information content (AvgIpc) is 3.21. The maximum atomic E-state index is 13.2. The van der Waals surface area contributed by atoms with E-state index >= 15 is 0 Å². The molecule has 0 unspecified atom stereocenters. The number of nitrogens with zero attached hydrogens (tertiary/aromatic N) is 2. The third-order valence-corrected chi connectivity index (χ3v) is 6.58. The summed E-state index contributed by atoms with van der Waals surface area (Å²) in [5.41, 5.74) is 7.65. The van der Waals surface area contributed by atoms with Gasteiger partial charge in [0.25, 0.3) is 0 Å². The highest BCUT2D eigenvalue weighted by molar-refractivity contribution is 6.30. The molecule has 1 aromatic rings. The summed E-state index contributed by atoms with van der Waals surface area (Å²) in [5, 5.41) is 3.28. The summed E-state index contributed by atoms with van der Waals surface area (Å²) in [6.45, 7) is 3.12. The number of anilines is 1. The number of hydrogen-bond donors (Lipinski definition) is 2. The van der Waals surface area contributed by atoms with E-state index < -0.39 is 5.92 Å². The van der Waals surface area contributed by atoms with Crippen LogP contribution in [0, 0.1) is 17.8 Å². The predicted octanol–water partition coefficient (Wildman–Crippen LogP) is 1.97. The van der Waals surface area contributed by atoms with Crippen LogP contribution in [0.2, 0.25) is 5.02 Å². The summed E-state index contributed by atoms with van der Waals surface area (Å²) < 4.78 is 26.4. The predicted molar refractivity (Wildman–Crippen MR) is 105 cm³/mol. The second kappa shape index (κ2) is 7.72. The molecule has 3 fully saturated rings. The quantitative estimate of drug-likeness (QED) is 0.706. The van der Waals surface area contributed by atoms with E-state index in [-0.39, 0.29) is 49.0 Å². The third-order valence-electron chi connectivity index (χ3n) is 6.34. The molecular weight excluding hydrogens is 402 g/mol. The van der Waals surface area contributed by atoms with Crippen molar-refractivity contribution in [2.75, 3.05) is 38.5 Å². The highest BCUT2D eigenvalue weighted by Crippen LogP contribution is 2.62. The molecular formula is C20H25ClF2N4O2. The second-order valence-corrected chi connectivity index (χ2v) is 8.77. The molecule has 2 amide bonds. The van der Waals surface area contributed by atoms with Crippen molar-refractivity contribution in [3.8, 4) is 0 Å². The van der Waals surface area contributed by atoms with E-state index in [1.807, 2.05) is 6.07 Å². The largest absolute Gasteiger partial charge is 0.398 e. The number of piperazine rings is 1. The Morgan fingerprint density at radius 2 is 1.83 bits per heavy atom. The van der Waals surface area contributed by atoms with E-state index in [0.717, 1.165) is 5.56 Å². The molecule has 9 heteroatoms. The molecule has 0 aromatic heterocycles. The lowest BCUT2D eigenvalue weighted by Gasteiger charge is -2.35. The van der Waals surface area contributed by atoms with Gasteiger partial charge in [0, 0.05) is 62.2 Å². The van der Waals surface area contributed by atoms with Crippen molar-refractivity contribution in [1.29, 1.82) is 0 Å². The van der Waals surface area contributed by atoms with Gasteiger partial charge >= 0.3 is 0 Å². The topological polar surface area (TPSA) is 78.7 Å². The Hall–Kier alpha value is -1.93. The number of nitrogens with two attached hydrogens (primary N) is 1. The van der Waals surface area contributed by atoms with E-state index in [0.29, 0.717) is 43.4 Å². The standard InChI is InChI=1S/C20H25ClF2N4O2/c21-13-1-2-16(24)12(7-13)11-26-3-5-27(6-4-26)17(28)10-25-19(29)18-14-8-20(22,23)9-15(14)18/h1-2,7,14-15,18H,3-6,8-11,24H2,(H,25,29)/t14-,15+,18+. The Morgan fingerprint density at radius 1 is 1.17 bits per heavy atom. The Bertz CT molecular complexity index is 800. The Kier molecular flexibility index (Phi) is 5.42. The molecule has 29 heavy (non-hydrogen) atoms. The molecule has 1 aromatic carbocycles. The number of rotatable bonds is 5. The van der Waals surface area contributed by atoms with Crippen molar-refractivity contribution in [2.45, 2.75) is 25.3 Å². The molecule has 0 spiro atoms. The minimum atomic E-state index is -2.63. The van der Waals surface area contributed by atoms with Gasteiger partial charge in [0.05, 0.1) is 6.54 Å². The molecule has 3 aliphatic rings. The van der Waals surface area contributed by atoms with Gasteiger partial charge in [-0.1, -0.05) is 11.6 Å². The SMILES string of the molecule is Nc1ccc(Cl)cc1CN1CCN(C(=O)CNC(=O)[C@H]2[C@@H]3CC(F)(F)C[C@@H]32)CC1. The summed E-state index contributed by atoms with van der Waals surface area (Å²) in [6, 6.07) is 5.40. The average molecular weight is 427 g/mol. The summed E-state index contributed by atoms with van der Waals surface area (Å²) in [7, 11) is 0. The third kappa shape index (κ3) is 4.48. The Morgan fingerprint density at radius 3 is 2.48 bits per heavy atom. The number of fused-ring (bicyclic) bond motifs is 1. The highest BCUT2D eigenvalue weighted by atomic mass is 35.5. The maximum absolute atomic E-state index is 13.2. The van der Waals surface area contributed by atoms with E-state index in [1.54, 1.807) is 17.0 Å². The monoisotopic (exact) mass is 426 g/mol. The molecule has 1 saturated heterocycles. The van der Waals surface area contributed by atoms with Crippen LogP contribution in [0.5, 0.6) is 0 Å². The highest BCUT2D eigenvalue weighted by Gasteiger charge is 2.65. The van der Waals surface area contributed by atoms with Crippen molar-refractivity contribution >= 4 is 29.1 Å². The summed E-state index contributed by atoms with van der Waals surface area (Å²) in [4.78, 5) is 28.5. The minimum Gasteiger partial charge on any atom is -0.398 e. The fourth-order valence-corrected chi connectivity index (χ4v) is 4.86. The van der Waals surface area contributed by atoms with Crippen LogP contribution in [-0.2, 0) is 16.1 Å². The van der Waals surface area contributed by atoms with Crippen LogP contribution in [0.15, 0.2) is 18.2 Å². The first-order valence-electron chi connectivity index (χ1n) is 9.93. The van der Waals surface area contributed by atoms with E-state index in [4.69, 9.17) is 17.3 Å². The number of carbonyl (C=O) groups excluding carboxylic acids is 2. The van der Waals surface area contributed by atoms with Crippen LogP contribution in [0.3, 0.4) is 0 Å². The van der Waals surface area contributed by atoms with Gasteiger partial charge in [-0.3, -0.25) is 14.5 Å². The van der Waals surface area contributed by atoms with Gasteiger partial charge in [-0.05, 0) is 35.6 Å². The number of amides is 2. The summed E-state index contributed by atoms with van der Waals surface area (Å²) >= 11 is 6.03. The molecule has 2 saturated carbocycles. The number of hydrogen-bond acceptors (Lipinski definition) is 4. The molecule has 1 heterocycles. The molecule has 0 radical (unpaired) electrons. The number of carbonyl (C=O) groups is 2. The molecule has 6 nitrogen and oxygen atoms in total. The van der Waals surface area contributed by atoms with Gasteiger partial charge < -0.3 is 16.0 Å². The number of nitrogen functional groups attached to an aromatic ring is 1. The van der Waals surface area contributed by atoms with Gasteiger partial charge in [-0.2, -0.15) is 0 Å². The molecule has 3 N–H and O–H groups in total. The van der Waals surface area contributed by atoms with Crippen molar-refractivity contribution in [3.63, 3.8) is 0 Å². The second-order valence-electron chi connectivity index (χ2n) is 8.34. The van der Waals surface area contributed by atoms with Crippen LogP contribution in [0.1, 0.15) is 18.4 Å². The van der Waals surface area contributed by atoms with Crippen molar-refractivity contribution < 1.29 is 18.4 Å². The fraction of sp³-hybridized carbons (Fsp3) is 0.600. The lowest BCUT2D eigenvalue weighted by atomic mass is 10.1. The lowest BCUT2D eigenvalue weighted by Crippen LogP contribution is -2.51. The first kappa shape index (κ1) is 20.3. The Balaban J connectivity index is 1.19. The van der Waals surface area contributed by atoms with Gasteiger partial charge in [-0.15, -0.1) is 0 Å². The van der Waals surface area contributed by atoms with Gasteiger partial charge in [0.1, 0.15) is 0 Å². The molecule has 4 rings (SSSR count). The van der Waals surface area contributed by atoms with Crippen LogP contribution in [0.25, 0.3) is 0 Å². The Labute approximate surface area is 173 Å². The van der Waals surface area contributed by atoms with Gasteiger partial charge in [0.2, 0.25) is 17.7 Å². The first-order chi connectivity index (χ1) is 13.7. The molecule has 1 aliphatic heterocycles. The number of benzene rings is 1. The minimum absolute atomic E-state index is 0.0770. The molecule has 158 valence electrons. The van der Waals surface area contributed by atoms with Crippen LogP contribution in [-0.4, -0.2) is 60.3 Å². The smallest absolute Gasteiger partial charge is 0.248 e. The van der Waals surface area contributed by atoms with E-state index in [9.17, 15) is 18.4 Å². The van der Waals surface area contributed by atoms with Crippen LogP contribution < -0.4 is 11.1 Å². The molecule has 3 atom stereocenters. The normalized spacial score (nSPS) is 28.1. The zero-order valence-electron chi connectivity index (χ0n) is 16.0. The number of alkyl halides is 2. The summed E-state index contributed by atoms with van der Waals surface area (Å²) in [6.07, 6.45) is -0.411. The molecule has 2 aliphatic carbocycles. The van der Waals surface area contributed by atoms with Gasteiger partial charge in [-0.25, -0.2) is 8.78 Å².